The largest absolute Gasteiger partial charge is 0.358 e. The van der Waals surface area contributed by atoms with E-state index in [1.54, 1.807) is 7.11 Å². The van der Waals surface area contributed by atoms with E-state index in [4.69, 9.17) is 4.74 Å². The highest BCUT2D eigenvalue weighted by molar-refractivity contribution is 7.09. The summed E-state index contributed by atoms with van der Waals surface area (Å²) in [5.41, 5.74) is 0.346. The van der Waals surface area contributed by atoms with Crippen molar-refractivity contribution in [1.29, 1.82) is 0 Å². The number of ether oxygens (including phenoxy) is 1. The molecule has 2 heterocycles. The Kier molecular flexibility index (Phi) is 6.68. The Morgan fingerprint density at radius 1 is 1.30 bits per heavy atom. The van der Waals surface area contributed by atoms with Gasteiger partial charge >= 0.3 is 0 Å². The number of carbonyl (C=O) groups is 1. The lowest BCUT2D eigenvalue weighted by molar-refractivity contribution is -0.129. The second-order valence-corrected chi connectivity index (χ2v) is 8.27. The van der Waals surface area contributed by atoms with Crippen LogP contribution in [0.25, 0.3) is 0 Å². The molecule has 27 heavy (non-hydrogen) atoms. The second kappa shape index (κ2) is 9.00. The molecule has 5 heteroatoms. The SMILES string of the molecule is CCC(=O)N(c1ccccc1)C1(OC)CCN(CCc2cccs2)C(C)C1. The molecule has 1 fully saturated rings. The molecule has 1 aliphatic heterocycles. The molecule has 1 aromatic carbocycles. The fourth-order valence-corrected chi connectivity index (χ4v) is 4.79. The van der Waals surface area contributed by atoms with Crippen LogP contribution in [-0.2, 0) is 16.0 Å². The number of benzene rings is 1. The van der Waals surface area contributed by atoms with E-state index < -0.39 is 5.72 Å². The number of carbonyl (C=O) groups excluding carboxylic acids is 1. The predicted octanol–water partition coefficient (Wildman–Crippen LogP) is 4.56. The predicted molar refractivity (Wildman–Crippen MR) is 112 cm³/mol. The molecule has 0 bridgehead atoms. The molecule has 1 aromatic heterocycles. The number of para-hydroxylation sites is 1. The third kappa shape index (κ3) is 4.42. The average Bonchev–Trinajstić information content (AvgIpc) is 3.21. The summed E-state index contributed by atoms with van der Waals surface area (Å²) in [6.45, 7) is 6.15. The summed E-state index contributed by atoms with van der Waals surface area (Å²) in [5, 5.41) is 2.14. The number of methoxy groups -OCH3 is 1. The summed E-state index contributed by atoms with van der Waals surface area (Å²) >= 11 is 1.82. The number of hydrogen-bond donors (Lipinski definition) is 0. The van der Waals surface area contributed by atoms with E-state index in [1.165, 1.54) is 4.88 Å². The molecular weight excluding hydrogens is 356 g/mol. The van der Waals surface area contributed by atoms with Gasteiger partial charge in [0.15, 0.2) is 0 Å². The van der Waals surface area contributed by atoms with Gasteiger partial charge in [0.2, 0.25) is 5.91 Å². The molecule has 0 saturated carbocycles. The van der Waals surface area contributed by atoms with E-state index in [-0.39, 0.29) is 5.91 Å². The zero-order valence-corrected chi connectivity index (χ0v) is 17.4. The monoisotopic (exact) mass is 386 g/mol. The van der Waals surface area contributed by atoms with Crippen LogP contribution >= 0.6 is 11.3 Å². The maximum atomic E-state index is 12.9. The molecule has 1 amide bonds. The molecule has 146 valence electrons. The standard InChI is InChI=1S/C22H30N2O2S/c1-4-21(25)24(19-9-6-5-7-10-19)22(26-3)13-15-23(18(2)17-22)14-12-20-11-8-16-27-20/h5-11,16,18H,4,12-15,17H2,1-3H3. The van der Waals surface area contributed by atoms with Gasteiger partial charge in [-0.05, 0) is 36.9 Å². The van der Waals surface area contributed by atoms with Crippen LogP contribution in [0.1, 0.15) is 38.0 Å². The molecule has 0 aliphatic carbocycles. The van der Waals surface area contributed by atoms with E-state index in [2.05, 4.69) is 29.3 Å². The fraction of sp³-hybridized carbons (Fsp3) is 0.500. The summed E-state index contributed by atoms with van der Waals surface area (Å²) < 4.78 is 6.07. The van der Waals surface area contributed by atoms with Gasteiger partial charge in [-0.2, -0.15) is 0 Å². The van der Waals surface area contributed by atoms with Gasteiger partial charge in [-0.15, -0.1) is 11.3 Å². The van der Waals surface area contributed by atoms with Crippen molar-refractivity contribution in [2.24, 2.45) is 0 Å². The van der Waals surface area contributed by atoms with Crippen molar-refractivity contribution in [1.82, 2.24) is 4.90 Å². The van der Waals surface area contributed by atoms with Gasteiger partial charge in [-0.1, -0.05) is 31.2 Å². The number of likely N-dealkylation sites (tertiary alicyclic amines) is 1. The van der Waals surface area contributed by atoms with E-state index in [1.807, 2.05) is 53.5 Å². The normalized spacial score (nSPS) is 23.3. The van der Waals surface area contributed by atoms with Crippen LogP contribution in [0.5, 0.6) is 0 Å². The minimum Gasteiger partial charge on any atom is -0.358 e. The third-order valence-electron chi connectivity index (χ3n) is 5.61. The van der Waals surface area contributed by atoms with Gasteiger partial charge < -0.3 is 4.74 Å². The molecular formula is C22H30N2O2S. The van der Waals surface area contributed by atoms with Gasteiger partial charge in [-0.25, -0.2) is 0 Å². The van der Waals surface area contributed by atoms with Crippen molar-refractivity contribution in [3.05, 3.63) is 52.7 Å². The van der Waals surface area contributed by atoms with Crippen LogP contribution in [0.15, 0.2) is 47.8 Å². The Bertz CT molecular complexity index is 719. The molecule has 3 rings (SSSR count). The van der Waals surface area contributed by atoms with Crippen LogP contribution in [0.4, 0.5) is 5.69 Å². The molecule has 4 nitrogen and oxygen atoms in total. The van der Waals surface area contributed by atoms with Gasteiger partial charge in [0.05, 0.1) is 0 Å². The molecule has 1 aliphatic rings. The first-order valence-electron chi connectivity index (χ1n) is 9.79. The van der Waals surface area contributed by atoms with Crippen molar-refractivity contribution in [2.45, 2.75) is 51.3 Å². The average molecular weight is 387 g/mol. The van der Waals surface area contributed by atoms with E-state index >= 15 is 0 Å². The Morgan fingerprint density at radius 2 is 2.07 bits per heavy atom. The zero-order valence-electron chi connectivity index (χ0n) is 16.6. The molecule has 2 atom stereocenters. The number of amides is 1. The van der Waals surface area contributed by atoms with Crippen molar-refractivity contribution in [2.75, 3.05) is 25.1 Å². The minimum absolute atomic E-state index is 0.113. The van der Waals surface area contributed by atoms with Crippen molar-refractivity contribution < 1.29 is 9.53 Å². The highest BCUT2D eigenvalue weighted by Gasteiger charge is 2.45. The summed E-state index contributed by atoms with van der Waals surface area (Å²) in [6, 6.07) is 14.6. The smallest absolute Gasteiger partial charge is 0.229 e. The quantitative estimate of drug-likeness (QED) is 0.654. The highest BCUT2D eigenvalue weighted by atomic mass is 32.1. The first kappa shape index (κ1) is 20.1. The van der Waals surface area contributed by atoms with Gasteiger partial charge in [-0.3, -0.25) is 14.6 Å². The molecule has 0 spiro atoms. The highest BCUT2D eigenvalue weighted by Crippen LogP contribution is 2.37. The maximum absolute atomic E-state index is 12.9. The van der Waals surface area contributed by atoms with Gasteiger partial charge in [0, 0.05) is 56.1 Å². The van der Waals surface area contributed by atoms with Crippen LogP contribution in [-0.4, -0.2) is 42.8 Å². The van der Waals surface area contributed by atoms with Gasteiger partial charge in [0.25, 0.3) is 0 Å². The van der Waals surface area contributed by atoms with Crippen molar-refractivity contribution in [3.8, 4) is 0 Å². The number of thiophene rings is 1. The molecule has 1 saturated heterocycles. The maximum Gasteiger partial charge on any atom is 0.229 e. The molecule has 0 radical (unpaired) electrons. The van der Waals surface area contributed by atoms with E-state index in [0.29, 0.717) is 12.5 Å². The van der Waals surface area contributed by atoms with Crippen molar-refractivity contribution >= 4 is 22.9 Å². The first-order chi connectivity index (χ1) is 13.1. The number of anilines is 1. The lowest BCUT2D eigenvalue weighted by Gasteiger charge is -2.50. The van der Waals surface area contributed by atoms with Crippen LogP contribution in [0.3, 0.4) is 0 Å². The Hall–Kier alpha value is -1.69. The van der Waals surface area contributed by atoms with E-state index in [9.17, 15) is 4.79 Å². The molecule has 0 N–H and O–H groups in total. The summed E-state index contributed by atoms with van der Waals surface area (Å²) in [7, 11) is 1.74. The molecule has 2 aromatic rings. The summed E-state index contributed by atoms with van der Waals surface area (Å²) in [5.74, 6) is 0.113. The third-order valence-corrected chi connectivity index (χ3v) is 6.54. The first-order valence-corrected chi connectivity index (χ1v) is 10.7. The molecule has 2 unspecified atom stereocenters. The topological polar surface area (TPSA) is 32.8 Å². The van der Waals surface area contributed by atoms with Crippen molar-refractivity contribution in [3.63, 3.8) is 0 Å². The Labute approximate surface area is 166 Å². The van der Waals surface area contributed by atoms with E-state index in [0.717, 1.165) is 38.0 Å². The second-order valence-electron chi connectivity index (χ2n) is 7.24. The van der Waals surface area contributed by atoms with Crippen LogP contribution in [0.2, 0.25) is 0 Å². The number of nitrogens with zero attached hydrogens (tertiary/aromatic N) is 2. The summed E-state index contributed by atoms with van der Waals surface area (Å²) in [6.07, 6.45) is 3.18. The fourth-order valence-electron chi connectivity index (χ4n) is 4.09. The number of rotatable bonds is 7. The number of piperidine rings is 1. The van der Waals surface area contributed by atoms with Crippen LogP contribution < -0.4 is 4.90 Å². The lowest BCUT2D eigenvalue weighted by atomic mass is 9.91. The van der Waals surface area contributed by atoms with Gasteiger partial charge in [0.1, 0.15) is 5.72 Å². The van der Waals surface area contributed by atoms with Crippen LogP contribution in [0, 0.1) is 0 Å². The number of hydrogen-bond acceptors (Lipinski definition) is 4. The lowest BCUT2D eigenvalue weighted by Crippen LogP contribution is -2.61. The summed E-state index contributed by atoms with van der Waals surface area (Å²) in [4.78, 5) is 18.7. The Balaban J connectivity index is 1.77. The zero-order chi connectivity index (χ0) is 19.3. The minimum atomic E-state index is -0.576. The Morgan fingerprint density at radius 3 is 2.67 bits per heavy atom.